The van der Waals surface area contributed by atoms with Gasteiger partial charge in [-0.1, -0.05) is 0 Å². The van der Waals surface area contributed by atoms with Crippen LogP contribution in [0, 0.1) is 0 Å². The van der Waals surface area contributed by atoms with Gasteiger partial charge >= 0.3 is 0 Å². The molecule has 0 N–H and O–H groups in total. The summed E-state index contributed by atoms with van der Waals surface area (Å²) in [6, 6.07) is 1.94. The maximum absolute atomic E-state index is 11.9. The van der Waals surface area contributed by atoms with Crippen molar-refractivity contribution in [1.82, 2.24) is 0 Å². The second kappa shape index (κ2) is 4.15. The average Bonchev–Trinajstić information content (AvgIpc) is 2.72. The van der Waals surface area contributed by atoms with Crippen molar-refractivity contribution in [2.24, 2.45) is 0 Å². The number of hydrogen-bond donors (Lipinski definition) is 0. The summed E-state index contributed by atoms with van der Waals surface area (Å²) in [7, 11) is 0. The molecule has 1 saturated heterocycles. The van der Waals surface area contributed by atoms with Gasteiger partial charge < -0.3 is 0 Å². The quantitative estimate of drug-likeness (QED) is 0.768. The Morgan fingerprint density at radius 3 is 3.00 bits per heavy atom. The first kappa shape index (κ1) is 9.74. The smallest absolute Gasteiger partial charge is 0.186 e. The van der Waals surface area contributed by atoms with E-state index in [-0.39, 0.29) is 5.25 Å². The van der Waals surface area contributed by atoms with Crippen molar-refractivity contribution < 1.29 is 4.79 Å². The van der Waals surface area contributed by atoms with Crippen molar-refractivity contribution in [2.45, 2.75) is 18.1 Å². The largest absolute Gasteiger partial charge is 0.292 e. The number of halogens is 1. The number of thioether (sulfide) groups is 1. The van der Waals surface area contributed by atoms with Crippen molar-refractivity contribution in [2.75, 3.05) is 5.75 Å². The molecule has 13 heavy (non-hydrogen) atoms. The number of Topliss-reactive ketones (excluding diaryl/α,β-unsaturated/α-hetero) is 1. The summed E-state index contributed by atoms with van der Waals surface area (Å²) in [6.07, 6.45) is 2.23. The van der Waals surface area contributed by atoms with Gasteiger partial charge in [-0.15, -0.1) is 11.3 Å². The predicted octanol–water partition coefficient (Wildman–Crippen LogP) is 3.59. The normalized spacial score (nSPS) is 22.1. The van der Waals surface area contributed by atoms with E-state index in [1.54, 1.807) is 11.8 Å². The summed E-state index contributed by atoms with van der Waals surface area (Å²) in [5, 5.41) is 2.17. The van der Waals surface area contributed by atoms with Crippen LogP contribution < -0.4 is 0 Å². The van der Waals surface area contributed by atoms with Crippen LogP contribution in [-0.4, -0.2) is 16.8 Å². The second-order valence-electron chi connectivity index (χ2n) is 2.96. The van der Waals surface area contributed by atoms with Crippen molar-refractivity contribution in [3.05, 3.63) is 20.8 Å². The van der Waals surface area contributed by atoms with Crippen LogP contribution in [0.2, 0.25) is 0 Å². The Balaban J connectivity index is 2.17. The number of carbonyl (C=O) groups is 1. The van der Waals surface area contributed by atoms with E-state index in [2.05, 4.69) is 15.9 Å². The SMILES string of the molecule is O=C(c1sccc1Br)C1CCCS1. The minimum Gasteiger partial charge on any atom is -0.292 e. The molecule has 1 aromatic rings. The lowest BCUT2D eigenvalue weighted by molar-refractivity contribution is 0.0991. The standard InChI is InChI=1S/C9H9BrOS2/c10-6-3-5-13-9(6)8(11)7-2-1-4-12-7/h3,5,7H,1-2,4H2. The molecular formula is C9H9BrOS2. The van der Waals surface area contributed by atoms with Gasteiger partial charge in [0.15, 0.2) is 5.78 Å². The summed E-state index contributed by atoms with van der Waals surface area (Å²) in [5.41, 5.74) is 0. The van der Waals surface area contributed by atoms with Gasteiger partial charge in [0.05, 0.1) is 10.1 Å². The lowest BCUT2D eigenvalue weighted by atomic mass is 10.1. The summed E-state index contributed by atoms with van der Waals surface area (Å²) >= 11 is 6.72. The molecule has 1 fully saturated rings. The van der Waals surface area contributed by atoms with E-state index in [1.807, 2.05) is 11.4 Å². The average molecular weight is 277 g/mol. The summed E-state index contributed by atoms with van der Waals surface area (Å²) in [4.78, 5) is 12.8. The molecule has 4 heteroatoms. The highest BCUT2D eigenvalue weighted by atomic mass is 79.9. The van der Waals surface area contributed by atoms with Crippen molar-refractivity contribution in [1.29, 1.82) is 0 Å². The zero-order valence-electron chi connectivity index (χ0n) is 6.96. The van der Waals surface area contributed by atoms with E-state index in [1.165, 1.54) is 17.8 Å². The molecule has 0 aromatic carbocycles. The third kappa shape index (κ3) is 2.00. The zero-order chi connectivity index (χ0) is 9.26. The Hall–Kier alpha value is 0.200. The lowest BCUT2D eigenvalue weighted by Gasteiger charge is -2.04. The van der Waals surface area contributed by atoms with Crippen LogP contribution in [0.25, 0.3) is 0 Å². The highest BCUT2D eigenvalue weighted by molar-refractivity contribution is 9.10. The molecule has 1 unspecified atom stereocenters. The molecule has 1 aliphatic heterocycles. The summed E-state index contributed by atoms with van der Waals surface area (Å²) in [5.74, 6) is 1.45. The van der Waals surface area contributed by atoms with Crippen LogP contribution in [0.5, 0.6) is 0 Å². The number of carbonyl (C=O) groups excluding carboxylic acids is 1. The van der Waals surface area contributed by atoms with Gasteiger partial charge in [-0.3, -0.25) is 4.79 Å². The molecule has 1 aromatic heterocycles. The van der Waals surface area contributed by atoms with Gasteiger partial charge in [0.25, 0.3) is 0 Å². The third-order valence-electron chi connectivity index (χ3n) is 2.06. The predicted molar refractivity (Wildman–Crippen MR) is 61.8 cm³/mol. The van der Waals surface area contributed by atoms with Gasteiger partial charge in [-0.05, 0) is 46.0 Å². The Kier molecular flexibility index (Phi) is 3.11. The minimum absolute atomic E-state index is 0.218. The number of rotatable bonds is 2. The molecule has 1 nitrogen and oxygen atoms in total. The van der Waals surface area contributed by atoms with Crippen molar-refractivity contribution in [3.63, 3.8) is 0 Å². The van der Waals surface area contributed by atoms with Gasteiger partial charge in [0.1, 0.15) is 0 Å². The van der Waals surface area contributed by atoms with E-state index in [0.29, 0.717) is 5.78 Å². The Morgan fingerprint density at radius 1 is 1.62 bits per heavy atom. The molecule has 2 heterocycles. The first-order chi connectivity index (χ1) is 6.29. The molecule has 1 atom stereocenters. The molecule has 0 amide bonds. The van der Waals surface area contributed by atoms with Gasteiger partial charge in [-0.2, -0.15) is 11.8 Å². The van der Waals surface area contributed by atoms with Crippen LogP contribution in [0.15, 0.2) is 15.9 Å². The minimum atomic E-state index is 0.218. The van der Waals surface area contributed by atoms with Gasteiger partial charge in [0, 0.05) is 4.47 Å². The van der Waals surface area contributed by atoms with E-state index >= 15 is 0 Å². The van der Waals surface area contributed by atoms with Crippen LogP contribution in [0.3, 0.4) is 0 Å². The molecule has 0 saturated carbocycles. The zero-order valence-corrected chi connectivity index (χ0v) is 10.2. The fraction of sp³-hybridized carbons (Fsp3) is 0.444. The summed E-state index contributed by atoms with van der Waals surface area (Å²) < 4.78 is 0.954. The number of thiophene rings is 1. The highest BCUT2D eigenvalue weighted by Crippen LogP contribution is 2.33. The number of ketones is 1. The van der Waals surface area contributed by atoms with E-state index < -0.39 is 0 Å². The molecule has 0 aliphatic carbocycles. The maximum atomic E-state index is 11.9. The van der Waals surface area contributed by atoms with Crippen LogP contribution in [-0.2, 0) is 0 Å². The third-order valence-corrected chi connectivity index (χ3v) is 5.29. The topological polar surface area (TPSA) is 17.1 Å². The lowest BCUT2D eigenvalue weighted by Crippen LogP contribution is -2.12. The fourth-order valence-electron chi connectivity index (χ4n) is 1.40. The first-order valence-electron chi connectivity index (χ1n) is 4.18. The monoisotopic (exact) mass is 276 g/mol. The fourth-order valence-corrected chi connectivity index (χ4v) is 4.26. The molecule has 2 rings (SSSR count). The van der Waals surface area contributed by atoms with Gasteiger partial charge in [0.2, 0.25) is 0 Å². The van der Waals surface area contributed by atoms with E-state index in [0.717, 1.165) is 21.5 Å². The van der Waals surface area contributed by atoms with Crippen LogP contribution in [0.1, 0.15) is 22.5 Å². The van der Waals surface area contributed by atoms with Crippen molar-refractivity contribution >= 4 is 44.8 Å². The van der Waals surface area contributed by atoms with Gasteiger partial charge in [-0.25, -0.2) is 0 Å². The van der Waals surface area contributed by atoms with E-state index in [9.17, 15) is 4.79 Å². The summed E-state index contributed by atoms with van der Waals surface area (Å²) in [6.45, 7) is 0. The number of hydrogen-bond acceptors (Lipinski definition) is 3. The highest BCUT2D eigenvalue weighted by Gasteiger charge is 2.26. The first-order valence-corrected chi connectivity index (χ1v) is 6.90. The Morgan fingerprint density at radius 2 is 2.46 bits per heavy atom. The molecule has 0 bridgehead atoms. The Bertz CT molecular complexity index is 315. The van der Waals surface area contributed by atoms with E-state index in [4.69, 9.17) is 0 Å². The molecule has 0 radical (unpaired) electrons. The Labute approximate surface area is 94.0 Å². The maximum Gasteiger partial charge on any atom is 0.186 e. The second-order valence-corrected chi connectivity index (χ2v) is 6.04. The molecule has 0 spiro atoms. The molecule has 70 valence electrons. The van der Waals surface area contributed by atoms with Crippen LogP contribution >= 0.6 is 39.0 Å². The molecule has 1 aliphatic rings. The van der Waals surface area contributed by atoms with Crippen LogP contribution in [0.4, 0.5) is 0 Å². The van der Waals surface area contributed by atoms with Crippen molar-refractivity contribution in [3.8, 4) is 0 Å². The molecular weight excluding hydrogens is 268 g/mol.